The number of alkyl halides is 1. The summed E-state index contributed by atoms with van der Waals surface area (Å²) in [5.41, 5.74) is 4.04. The van der Waals surface area contributed by atoms with Crippen LogP contribution in [0.4, 0.5) is 10.1 Å². The number of anilines is 1. The lowest BCUT2D eigenvalue weighted by molar-refractivity contribution is -0.318. The average Bonchev–Trinajstić information content (AvgIpc) is 3.92. The molecule has 0 unspecified atom stereocenters. The maximum atomic E-state index is 15.0. The molecule has 20 atom stereocenters. The number of sulfone groups is 1. The SMILES string of the molecule is CC[C@H]1OC(=O)[C@H](C)[C@@H](O[C@H]2C[C@@](C)(OC)[C@@H](O)[C@H](C)O2)[C@H](C)[C@@H](O[C@@H]2O[C@H](C)C[C@H](N(C)CCC3=CN([C@H](CF)[C@H](OC)c4ccc(N5CCS(=O)(=O)CC5)cc4)NN3)[C@H]2O)[C@](C)(O)C[C@@H](C)CN(C)[C@H](C)[C@@H](O)[C@]1(C)O. The largest absolute Gasteiger partial charge is 0.459 e. The molecule has 5 heterocycles. The van der Waals surface area contributed by atoms with E-state index in [4.69, 9.17) is 33.2 Å². The van der Waals surface area contributed by atoms with E-state index in [9.17, 15) is 43.1 Å². The van der Waals surface area contributed by atoms with E-state index in [1.54, 1.807) is 59.7 Å². The molecule has 1 aromatic carbocycles. The van der Waals surface area contributed by atoms with Gasteiger partial charge in [0, 0.05) is 88.8 Å². The Kier molecular flexibility index (Phi) is 21.9. The first kappa shape index (κ1) is 64.3. The number of esters is 1. The highest BCUT2D eigenvalue weighted by Gasteiger charge is 2.53. The minimum Gasteiger partial charge on any atom is -0.459 e. The Morgan fingerprint density at radius 2 is 1.60 bits per heavy atom. The highest BCUT2D eigenvalue weighted by Crippen LogP contribution is 2.41. The number of hydrazine groups is 2. The number of rotatable bonds is 16. The zero-order chi connectivity index (χ0) is 57.8. The summed E-state index contributed by atoms with van der Waals surface area (Å²) in [7, 11) is 3.71. The van der Waals surface area contributed by atoms with Gasteiger partial charge in [-0.25, -0.2) is 12.8 Å². The van der Waals surface area contributed by atoms with Crippen LogP contribution in [-0.2, 0) is 47.8 Å². The molecule has 4 saturated heterocycles. The van der Waals surface area contributed by atoms with Crippen molar-refractivity contribution in [2.75, 3.05) is 77.6 Å². The van der Waals surface area contributed by atoms with E-state index in [2.05, 4.69) is 11.0 Å². The molecular weight excluding hydrogens is 1040 g/mol. The Morgan fingerprint density at radius 3 is 2.21 bits per heavy atom. The number of carbonyl (C=O) groups is 1. The van der Waals surface area contributed by atoms with E-state index in [0.29, 0.717) is 39.0 Å². The van der Waals surface area contributed by atoms with Gasteiger partial charge in [0.1, 0.15) is 48.8 Å². The van der Waals surface area contributed by atoms with E-state index in [1.807, 2.05) is 66.9 Å². The second-order valence-corrected chi connectivity index (χ2v) is 26.1. The molecule has 0 aromatic heterocycles. The van der Waals surface area contributed by atoms with Gasteiger partial charge in [-0.05, 0) is 105 Å². The van der Waals surface area contributed by atoms with E-state index in [0.717, 1.165) is 16.9 Å². The van der Waals surface area contributed by atoms with Crippen molar-refractivity contribution in [3.05, 3.63) is 41.7 Å². The molecule has 6 rings (SSSR count). The maximum absolute atomic E-state index is 15.0. The van der Waals surface area contributed by atoms with Gasteiger partial charge in [-0.2, -0.15) is 0 Å². The Bertz CT molecular complexity index is 2220. The fraction of sp³-hybridized carbons (Fsp3) is 0.836. The van der Waals surface area contributed by atoms with Gasteiger partial charge in [0.2, 0.25) is 0 Å². The quantitative estimate of drug-likeness (QED) is 0.118. The van der Waals surface area contributed by atoms with E-state index < -0.39 is 137 Å². The molecule has 1 aromatic rings. The second-order valence-electron chi connectivity index (χ2n) is 23.8. The Balaban J connectivity index is 1.23. The van der Waals surface area contributed by atoms with E-state index in [-0.39, 0.29) is 36.7 Å². The third-order valence-corrected chi connectivity index (χ3v) is 19.1. The van der Waals surface area contributed by atoms with Crippen LogP contribution in [0.15, 0.2) is 36.2 Å². The van der Waals surface area contributed by atoms with Crippen molar-refractivity contribution in [3.8, 4) is 0 Å². The lowest BCUT2D eigenvalue weighted by atomic mass is 9.77. The van der Waals surface area contributed by atoms with Crippen LogP contribution in [0.5, 0.6) is 0 Å². The van der Waals surface area contributed by atoms with Crippen LogP contribution in [0.25, 0.3) is 0 Å². The summed E-state index contributed by atoms with van der Waals surface area (Å²) in [4.78, 5) is 20.5. The fourth-order valence-electron chi connectivity index (χ4n) is 12.5. The number of ether oxygens (including phenoxy) is 7. The Morgan fingerprint density at radius 1 is 0.949 bits per heavy atom. The summed E-state index contributed by atoms with van der Waals surface area (Å²) < 4.78 is 83.2. The number of nitrogens with zero attached hydrogens (tertiary/aromatic N) is 4. The molecule has 0 spiro atoms. The van der Waals surface area contributed by atoms with Gasteiger partial charge in [-0.15, -0.1) is 5.53 Å². The molecule has 0 amide bonds. The number of aliphatic hydroxyl groups is 5. The van der Waals surface area contributed by atoms with Crippen molar-refractivity contribution < 1.29 is 76.3 Å². The summed E-state index contributed by atoms with van der Waals surface area (Å²) in [6.07, 6.45) is -7.91. The average molecular weight is 1130 g/mol. The molecule has 21 nitrogen and oxygen atoms in total. The van der Waals surface area contributed by atoms with Crippen LogP contribution in [0.1, 0.15) is 113 Å². The number of nitrogens with one attached hydrogen (secondary N) is 2. The molecular formula is C55H95FN6O15S. The lowest BCUT2D eigenvalue weighted by Crippen LogP contribution is -2.61. The number of carbonyl (C=O) groups excluding carboxylic acids is 1. The third kappa shape index (κ3) is 14.8. The minimum atomic E-state index is -3.03. The zero-order valence-corrected chi connectivity index (χ0v) is 49.4. The molecule has 0 aliphatic carbocycles. The van der Waals surface area contributed by atoms with Gasteiger partial charge in [0.25, 0.3) is 0 Å². The van der Waals surface area contributed by atoms with Gasteiger partial charge < -0.3 is 78.8 Å². The molecule has 5 aliphatic heterocycles. The first-order valence-electron chi connectivity index (χ1n) is 27.9. The van der Waals surface area contributed by atoms with Crippen LogP contribution in [0, 0.1) is 17.8 Å². The number of aliphatic hydroxyl groups excluding tert-OH is 3. The monoisotopic (exact) mass is 1130 g/mol. The number of methoxy groups -OCH3 is 2. The van der Waals surface area contributed by atoms with Gasteiger partial charge in [-0.3, -0.25) is 9.80 Å². The van der Waals surface area contributed by atoms with Crippen LogP contribution in [0.3, 0.4) is 0 Å². The molecule has 448 valence electrons. The third-order valence-electron chi connectivity index (χ3n) is 17.5. The fourth-order valence-corrected chi connectivity index (χ4v) is 13.7. The predicted octanol–water partition coefficient (Wildman–Crippen LogP) is 2.79. The van der Waals surface area contributed by atoms with Crippen LogP contribution in [0.2, 0.25) is 0 Å². The van der Waals surface area contributed by atoms with Crippen molar-refractivity contribution in [3.63, 3.8) is 0 Å². The number of benzene rings is 1. The number of cyclic esters (lactones) is 1. The molecule has 7 N–H and O–H groups in total. The van der Waals surface area contributed by atoms with Gasteiger partial charge >= 0.3 is 5.97 Å². The first-order chi connectivity index (χ1) is 36.5. The lowest BCUT2D eigenvalue weighted by Gasteiger charge is -2.49. The second kappa shape index (κ2) is 26.6. The molecule has 78 heavy (non-hydrogen) atoms. The summed E-state index contributed by atoms with van der Waals surface area (Å²) in [6, 6.07) is 5.72. The van der Waals surface area contributed by atoms with Crippen LogP contribution >= 0.6 is 0 Å². The van der Waals surface area contributed by atoms with Gasteiger partial charge in [-0.1, -0.05) is 32.9 Å². The normalized spacial score (nSPS) is 40.6. The van der Waals surface area contributed by atoms with Crippen molar-refractivity contribution in [1.29, 1.82) is 0 Å². The molecule has 4 fully saturated rings. The Labute approximate surface area is 462 Å². The molecule has 0 saturated carbocycles. The number of likely N-dealkylation sites (N-methyl/N-ethyl adjacent to an activating group) is 2. The standard InChI is InChI=1S/C55H95FN6O15S/c1-15-43-55(10,68)48(64)36(6)60(12)30-32(2)27-53(8,67)50(34(4)46(35(5)51(66)75-43)76-44-28-54(9,72-14)49(65)37(7)74-44)77-52-45(63)41(26-33(3)73-52)59(11)21-20-39-31-62(58-57-39)42(29-56)47(71-13)38-16-18-40(19-17-38)61-22-24-78(69,70)25-23-61/h16-19,31-37,41-50,52,57-58,63-65,67-68H,15,20-30H2,1-14H3/t32-,33-,34+,35-,36-,37+,41+,42-,43-,44+,45-,46+,47-,48-,49+,50-,52+,53-,54-,55-/m1/s1. The minimum absolute atomic E-state index is 0.0787. The summed E-state index contributed by atoms with van der Waals surface area (Å²) in [5, 5.41) is 61.6. The van der Waals surface area contributed by atoms with Gasteiger partial charge in [0.15, 0.2) is 22.4 Å². The first-order valence-corrected chi connectivity index (χ1v) is 29.7. The van der Waals surface area contributed by atoms with E-state index in [1.165, 1.54) is 21.1 Å². The molecule has 5 aliphatic rings. The van der Waals surface area contributed by atoms with E-state index >= 15 is 0 Å². The zero-order valence-electron chi connectivity index (χ0n) is 48.6. The highest BCUT2D eigenvalue weighted by molar-refractivity contribution is 7.91. The predicted molar refractivity (Wildman–Crippen MR) is 291 cm³/mol. The van der Waals surface area contributed by atoms with Crippen LogP contribution < -0.4 is 15.9 Å². The molecule has 0 radical (unpaired) electrons. The van der Waals surface area contributed by atoms with Crippen molar-refractivity contribution >= 4 is 21.5 Å². The topological polar surface area (TPSA) is 254 Å². The van der Waals surface area contributed by atoms with Crippen molar-refractivity contribution in [2.24, 2.45) is 17.8 Å². The number of hydrogen-bond donors (Lipinski definition) is 7. The molecule has 0 bridgehead atoms. The number of halogens is 1. The van der Waals surface area contributed by atoms with Gasteiger partial charge in [0.05, 0.1) is 53.0 Å². The summed E-state index contributed by atoms with van der Waals surface area (Å²) >= 11 is 0. The summed E-state index contributed by atoms with van der Waals surface area (Å²) in [5.74, 6) is -2.70. The number of hydrogen-bond acceptors (Lipinski definition) is 21. The van der Waals surface area contributed by atoms with Crippen molar-refractivity contribution in [1.82, 2.24) is 25.8 Å². The Hall–Kier alpha value is -2.85. The van der Waals surface area contributed by atoms with Crippen molar-refractivity contribution in [2.45, 2.75) is 204 Å². The van der Waals surface area contributed by atoms with Crippen LogP contribution in [-0.4, -0.2) is 224 Å². The highest BCUT2D eigenvalue weighted by atomic mass is 32.2. The molecule has 23 heteroatoms. The summed E-state index contributed by atoms with van der Waals surface area (Å²) in [6.45, 7) is 18.3. The smallest absolute Gasteiger partial charge is 0.311 e. The maximum Gasteiger partial charge on any atom is 0.311 e.